The van der Waals surface area contributed by atoms with Gasteiger partial charge in [-0.15, -0.1) is 0 Å². The first kappa shape index (κ1) is 12.7. The summed E-state index contributed by atoms with van der Waals surface area (Å²) >= 11 is 0. The third kappa shape index (κ3) is 3.06. The quantitative estimate of drug-likeness (QED) is 0.735. The van der Waals surface area contributed by atoms with E-state index in [4.69, 9.17) is 4.74 Å². The van der Waals surface area contributed by atoms with Gasteiger partial charge in [-0.2, -0.15) is 5.10 Å². The third-order valence-electron chi connectivity index (χ3n) is 2.62. The number of hydrogen-bond donors (Lipinski definition) is 1. The van der Waals surface area contributed by atoms with Gasteiger partial charge < -0.3 is 10.1 Å². The second-order valence-corrected chi connectivity index (χ2v) is 3.79. The summed E-state index contributed by atoms with van der Waals surface area (Å²) in [6.45, 7) is 4.98. The lowest BCUT2D eigenvalue weighted by Crippen LogP contribution is -2.28. The van der Waals surface area contributed by atoms with Gasteiger partial charge in [-0.1, -0.05) is 0 Å². The zero-order chi connectivity index (χ0) is 12.1. The van der Waals surface area contributed by atoms with Crippen LogP contribution in [0.15, 0.2) is 0 Å². The van der Waals surface area contributed by atoms with Gasteiger partial charge in [-0.3, -0.25) is 9.48 Å². The maximum Gasteiger partial charge on any atom is 0.224 e. The molecule has 1 amide bonds. The van der Waals surface area contributed by atoms with Gasteiger partial charge in [-0.05, 0) is 13.8 Å². The molecule has 16 heavy (non-hydrogen) atoms. The minimum atomic E-state index is 0.0104. The van der Waals surface area contributed by atoms with Crippen molar-refractivity contribution in [3.63, 3.8) is 0 Å². The Morgan fingerprint density at radius 3 is 2.69 bits per heavy atom. The van der Waals surface area contributed by atoms with Crippen molar-refractivity contribution in [2.45, 2.75) is 20.3 Å². The molecule has 1 aromatic rings. The number of nitrogens with one attached hydrogen (secondary N) is 1. The molecule has 0 unspecified atom stereocenters. The summed E-state index contributed by atoms with van der Waals surface area (Å²) in [5.41, 5.74) is 2.97. The minimum Gasteiger partial charge on any atom is -0.383 e. The predicted octanol–water partition coefficient (Wildman–Crippen LogP) is 0.342. The number of nitrogens with zero attached hydrogens (tertiary/aromatic N) is 2. The second-order valence-electron chi connectivity index (χ2n) is 3.79. The molecule has 0 saturated heterocycles. The van der Waals surface area contributed by atoms with Crippen molar-refractivity contribution in [3.05, 3.63) is 17.0 Å². The Kier molecular flexibility index (Phi) is 4.49. The Morgan fingerprint density at radius 1 is 1.50 bits per heavy atom. The molecule has 0 bridgehead atoms. The van der Waals surface area contributed by atoms with Crippen LogP contribution in [0.1, 0.15) is 17.0 Å². The summed E-state index contributed by atoms with van der Waals surface area (Å²) in [5, 5.41) is 7.07. The Balaban J connectivity index is 2.56. The maximum atomic E-state index is 11.6. The number of carbonyl (C=O) groups excluding carboxylic acids is 1. The summed E-state index contributed by atoms with van der Waals surface area (Å²) in [5.74, 6) is 0.0104. The number of methoxy groups -OCH3 is 1. The van der Waals surface area contributed by atoms with E-state index < -0.39 is 0 Å². The van der Waals surface area contributed by atoms with Gasteiger partial charge >= 0.3 is 0 Å². The molecule has 5 heteroatoms. The van der Waals surface area contributed by atoms with Gasteiger partial charge in [0, 0.05) is 32.0 Å². The lowest BCUT2D eigenvalue weighted by atomic mass is 10.1. The molecule has 1 aromatic heterocycles. The molecule has 0 atom stereocenters. The fourth-order valence-electron chi connectivity index (χ4n) is 1.59. The van der Waals surface area contributed by atoms with E-state index in [1.165, 1.54) is 0 Å². The molecule has 0 aliphatic heterocycles. The zero-order valence-electron chi connectivity index (χ0n) is 10.3. The van der Waals surface area contributed by atoms with Gasteiger partial charge in [0.2, 0.25) is 5.91 Å². The molecule has 0 fully saturated rings. The summed E-state index contributed by atoms with van der Waals surface area (Å²) in [7, 11) is 3.50. The molecule has 0 aliphatic rings. The molecule has 0 spiro atoms. The smallest absolute Gasteiger partial charge is 0.224 e. The lowest BCUT2D eigenvalue weighted by molar-refractivity contribution is -0.120. The van der Waals surface area contributed by atoms with Crippen molar-refractivity contribution in [1.29, 1.82) is 0 Å². The van der Waals surface area contributed by atoms with E-state index >= 15 is 0 Å². The first-order chi connectivity index (χ1) is 7.56. The lowest BCUT2D eigenvalue weighted by Gasteiger charge is -2.04. The van der Waals surface area contributed by atoms with Crippen LogP contribution in [0.3, 0.4) is 0 Å². The van der Waals surface area contributed by atoms with E-state index in [2.05, 4.69) is 10.4 Å². The highest BCUT2D eigenvalue weighted by Crippen LogP contribution is 2.12. The number of hydrogen-bond acceptors (Lipinski definition) is 3. The first-order valence-electron chi connectivity index (χ1n) is 5.31. The summed E-state index contributed by atoms with van der Waals surface area (Å²) in [6, 6.07) is 0. The Morgan fingerprint density at radius 2 is 2.19 bits per heavy atom. The van der Waals surface area contributed by atoms with Crippen LogP contribution in [0.5, 0.6) is 0 Å². The topological polar surface area (TPSA) is 56.1 Å². The molecular weight excluding hydrogens is 206 g/mol. The summed E-state index contributed by atoms with van der Waals surface area (Å²) in [6.07, 6.45) is 0.384. The molecule has 1 rings (SSSR count). The van der Waals surface area contributed by atoms with Crippen molar-refractivity contribution in [2.24, 2.45) is 7.05 Å². The van der Waals surface area contributed by atoms with Crippen LogP contribution in [-0.2, 0) is 23.0 Å². The van der Waals surface area contributed by atoms with E-state index in [0.717, 1.165) is 17.0 Å². The van der Waals surface area contributed by atoms with Gasteiger partial charge in [-0.25, -0.2) is 0 Å². The highest BCUT2D eigenvalue weighted by molar-refractivity contribution is 5.79. The van der Waals surface area contributed by atoms with Gasteiger partial charge in [0.05, 0.1) is 18.7 Å². The standard InChI is InChI=1S/C11H19N3O2/c1-8-10(9(2)14(3)13-8)7-11(15)12-5-6-16-4/h5-7H2,1-4H3,(H,12,15). The van der Waals surface area contributed by atoms with Gasteiger partial charge in [0.1, 0.15) is 0 Å². The van der Waals surface area contributed by atoms with Crippen molar-refractivity contribution in [1.82, 2.24) is 15.1 Å². The van der Waals surface area contributed by atoms with Crippen LogP contribution < -0.4 is 5.32 Å². The van der Waals surface area contributed by atoms with Crippen LogP contribution in [0.2, 0.25) is 0 Å². The molecule has 0 aromatic carbocycles. The molecule has 5 nitrogen and oxygen atoms in total. The molecule has 0 saturated carbocycles. The summed E-state index contributed by atoms with van der Waals surface area (Å²) < 4.78 is 6.66. The van der Waals surface area contributed by atoms with E-state index in [9.17, 15) is 4.79 Å². The van der Waals surface area contributed by atoms with Crippen LogP contribution in [0.4, 0.5) is 0 Å². The maximum absolute atomic E-state index is 11.6. The van der Waals surface area contributed by atoms with E-state index in [1.54, 1.807) is 11.8 Å². The SMILES string of the molecule is COCCNC(=O)Cc1c(C)nn(C)c1C. The number of amides is 1. The molecule has 1 N–H and O–H groups in total. The predicted molar refractivity (Wildman–Crippen MR) is 61.3 cm³/mol. The van der Waals surface area contributed by atoms with E-state index in [0.29, 0.717) is 19.6 Å². The largest absolute Gasteiger partial charge is 0.383 e. The Labute approximate surface area is 95.8 Å². The molecule has 0 aliphatic carbocycles. The van der Waals surface area contributed by atoms with Crippen molar-refractivity contribution >= 4 is 5.91 Å². The highest BCUT2D eigenvalue weighted by atomic mass is 16.5. The molecule has 0 radical (unpaired) electrons. The number of aromatic nitrogens is 2. The Hall–Kier alpha value is -1.36. The van der Waals surface area contributed by atoms with Crippen LogP contribution in [-0.4, -0.2) is 35.9 Å². The average Bonchev–Trinajstić information content (AvgIpc) is 2.46. The molecule has 1 heterocycles. The van der Waals surface area contributed by atoms with E-state index in [1.807, 2.05) is 20.9 Å². The monoisotopic (exact) mass is 225 g/mol. The highest BCUT2D eigenvalue weighted by Gasteiger charge is 2.12. The molecule has 90 valence electrons. The van der Waals surface area contributed by atoms with Crippen molar-refractivity contribution < 1.29 is 9.53 Å². The second kappa shape index (κ2) is 5.65. The normalized spacial score (nSPS) is 10.5. The van der Waals surface area contributed by atoms with Gasteiger partial charge in [0.15, 0.2) is 0 Å². The number of ether oxygens (including phenoxy) is 1. The third-order valence-corrected chi connectivity index (χ3v) is 2.62. The first-order valence-corrected chi connectivity index (χ1v) is 5.31. The minimum absolute atomic E-state index is 0.0104. The number of carbonyl (C=O) groups is 1. The van der Waals surface area contributed by atoms with Crippen molar-refractivity contribution in [2.75, 3.05) is 20.3 Å². The number of aryl methyl sites for hydroxylation is 2. The average molecular weight is 225 g/mol. The number of rotatable bonds is 5. The van der Waals surface area contributed by atoms with Crippen LogP contribution in [0.25, 0.3) is 0 Å². The van der Waals surface area contributed by atoms with Crippen LogP contribution in [0, 0.1) is 13.8 Å². The fraction of sp³-hybridized carbons (Fsp3) is 0.636. The van der Waals surface area contributed by atoms with E-state index in [-0.39, 0.29) is 5.91 Å². The van der Waals surface area contributed by atoms with Crippen LogP contribution >= 0.6 is 0 Å². The van der Waals surface area contributed by atoms with Gasteiger partial charge in [0.25, 0.3) is 0 Å². The molecular formula is C11H19N3O2. The summed E-state index contributed by atoms with van der Waals surface area (Å²) in [4.78, 5) is 11.6. The Bertz CT molecular complexity index is 372. The fourth-order valence-corrected chi connectivity index (χ4v) is 1.59. The zero-order valence-corrected chi connectivity index (χ0v) is 10.3. The van der Waals surface area contributed by atoms with Crippen molar-refractivity contribution in [3.8, 4) is 0 Å².